The van der Waals surface area contributed by atoms with Crippen LogP contribution in [0.25, 0.3) is 0 Å². The minimum Gasteiger partial charge on any atom is -0.465 e. The van der Waals surface area contributed by atoms with Crippen molar-refractivity contribution in [3.8, 4) is 11.5 Å². The molecule has 3 aromatic rings. The minimum absolute atomic E-state index is 0.179. The predicted molar refractivity (Wildman–Crippen MR) is 128 cm³/mol. The zero-order chi connectivity index (χ0) is 22.9. The Morgan fingerprint density at radius 2 is 1.82 bits per heavy atom. The fourth-order valence-electron chi connectivity index (χ4n) is 4.08. The summed E-state index contributed by atoms with van der Waals surface area (Å²) in [6.45, 7) is 1.37. The molecule has 0 spiro atoms. The van der Waals surface area contributed by atoms with Crippen LogP contribution in [-0.2, 0) is 4.74 Å². The van der Waals surface area contributed by atoms with Crippen LogP contribution in [0, 0.1) is 0 Å². The second kappa shape index (κ2) is 8.86. The molecule has 2 aromatic carbocycles. The van der Waals surface area contributed by atoms with Gasteiger partial charge >= 0.3 is 5.97 Å². The number of benzene rings is 2. The molecule has 8 heteroatoms. The molecule has 1 aromatic heterocycles. The minimum atomic E-state index is -0.469. The van der Waals surface area contributed by atoms with Gasteiger partial charge in [-0.05, 0) is 65.2 Å². The van der Waals surface area contributed by atoms with Gasteiger partial charge in [0, 0.05) is 31.5 Å². The monoisotopic (exact) mass is 507 g/mol. The average molecular weight is 508 g/mol. The quantitative estimate of drug-likeness (QED) is 0.449. The van der Waals surface area contributed by atoms with E-state index >= 15 is 0 Å². The molecule has 0 saturated heterocycles. The smallest absolute Gasteiger partial charge is 0.337 e. The molecule has 1 fully saturated rings. The molecule has 1 amide bonds. The highest BCUT2D eigenvalue weighted by Crippen LogP contribution is 2.41. The highest BCUT2D eigenvalue weighted by Gasteiger charge is 2.36. The molecule has 0 atom stereocenters. The number of amides is 1. The number of hydrogen-bond acceptors (Lipinski definition) is 6. The molecule has 0 N–H and O–H groups in total. The second-order valence-corrected chi connectivity index (χ2v) is 8.84. The van der Waals surface area contributed by atoms with E-state index in [2.05, 4.69) is 31.9 Å². The summed E-state index contributed by atoms with van der Waals surface area (Å²) in [7, 11) is 1.32. The van der Waals surface area contributed by atoms with E-state index in [1.807, 2.05) is 18.2 Å². The largest absolute Gasteiger partial charge is 0.465 e. The molecular formula is C25H22BrN3O4. The number of fused-ring (bicyclic) bond motifs is 1. The van der Waals surface area contributed by atoms with E-state index in [9.17, 15) is 9.59 Å². The summed E-state index contributed by atoms with van der Waals surface area (Å²) >= 11 is 3.45. The van der Waals surface area contributed by atoms with Crippen molar-refractivity contribution in [2.45, 2.75) is 18.9 Å². The third kappa shape index (κ3) is 4.18. The van der Waals surface area contributed by atoms with Gasteiger partial charge in [-0.15, -0.1) is 0 Å². The average Bonchev–Trinajstić information content (AvgIpc) is 3.69. The van der Waals surface area contributed by atoms with Gasteiger partial charge in [-0.3, -0.25) is 9.78 Å². The number of esters is 1. The molecule has 33 heavy (non-hydrogen) atoms. The van der Waals surface area contributed by atoms with Gasteiger partial charge in [0.25, 0.3) is 5.91 Å². The number of carbonyl (C=O) groups excluding carboxylic acids is 2. The summed E-state index contributed by atoms with van der Waals surface area (Å²) in [5, 5.41) is 0. The van der Waals surface area contributed by atoms with Gasteiger partial charge < -0.3 is 19.3 Å². The molecule has 1 aliphatic carbocycles. The van der Waals surface area contributed by atoms with E-state index in [0.29, 0.717) is 39.7 Å². The highest BCUT2D eigenvalue weighted by atomic mass is 79.9. The molecule has 1 aliphatic heterocycles. The predicted octanol–water partition coefficient (Wildman–Crippen LogP) is 5.05. The number of pyridine rings is 1. The second-order valence-electron chi connectivity index (χ2n) is 7.98. The normalized spacial score (nSPS) is 15.1. The van der Waals surface area contributed by atoms with Gasteiger partial charge in [-0.25, -0.2) is 4.79 Å². The van der Waals surface area contributed by atoms with Crippen LogP contribution in [-0.4, -0.2) is 43.1 Å². The lowest BCUT2D eigenvalue weighted by molar-refractivity contribution is 0.0600. The molecule has 168 valence electrons. The topological polar surface area (TPSA) is 72.0 Å². The maximum atomic E-state index is 13.7. The van der Waals surface area contributed by atoms with E-state index < -0.39 is 5.97 Å². The summed E-state index contributed by atoms with van der Waals surface area (Å²) < 4.78 is 11.5. The fraction of sp³-hybridized carbons (Fsp3) is 0.240. The summed E-state index contributed by atoms with van der Waals surface area (Å²) in [4.78, 5) is 34.0. The summed E-state index contributed by atoms with van der Waals surface area (Å²) in [6, 6.07) is 15.1. The van der Waals surface area contributed by atoms with Crippen molar-refractivity contribution in [3.63, 3.8) is 0 Å². The molecule has 0 bridgehead atoms. The third-order valence-corrected chi connectivity index (χ3v) is 6.52. The van der Waals surface area contributed by atoms with Crippen LogP contribution in [0.2, 0.25) is 0 Å². The standard InChI is InChI=1S/C25H22BrN3O4/c1-32-25(31)16-6-9-19(26)23(14-16)33-22-10-11-27-15-18(22)24(30)29-13-12-28(17-7-8-17)20-4-2-3-5-21(20)29/h2-6,9-11,14-15,17H,7-8,12-13H2,1H3. The first kappa shape index (κ1) is 21.5. The van der Waals surface area contributed by atoms with Crippen molar-refractivity contribution >= 4 is 39.2 Å². The Hall–Kier alpha value is -3.39. The van der Waals surface area contributed by atoms with Crippen molar-refractivity contribution in [2.75, 3.05) is 30.0 Å². The van der Waals surface area contributed by atoms with Crippen LogP contribution < -0.4 is 14.5 Å². The van der Waals surface area contributed by atoms with Crippen LogP contribution in [0.15, 0.2) is 65.4 Å². The lowest BCUT2D eigenvalue weighted by Gasteiger charge is -2.38. The number of methoxy groups -OCH3 is 1. The zero-order valence-corrected chi connectivity index (χ0v) is 19.6. The van der Waals surface area contributed by atoms with Crippen LogP contribution in [0.4, 0.5) is 11.4 Å². The maximum Gasteiger partial charge on any atom is 0.337 e. The van der Waals surface area contributed by atoms with E-state index in [4.69, 9.17) is 9.47 Å². The van der Waals surface area contributed by atoms with E-state index in [1.165, 1.54) is 26.1 Å². The molecule has 0 unspecified atom stereocenters. The van der Waals surface area contributed by atoms with Crippen LogP contribution in [0.5, 0.6) is 11.5 Å². The maximum absolute atomic E-state index is 13.7. The lowest BCUT2D eigenvalue weighted by atomic mass is 10.1. The number of nitrogens with zero attached hydrogens (tertiary/aromatic N) is 3. The molecule has 5 rings (SSSR count). The number of hydrogen-bond donors (Lipinski definition) is 0. The molecular weight excluding hydrogens is 486 g/mol. The van der Waals surface area contributed by atoms with Crippen LogP contribution >= 0.6 is 15.9 Å². The summed E-state index contributed by atoms with van der Waals surface area (Å²) in [6.07, 6.45) is 5.49. The Morgan fingerprint density at radius 3 is 2.58 bits per heavy atom. The zero-order valence-electron chi connectivity index (χ0n) is 18.0. The van der Waals surface area contributed by atoms with E-state index in [-0.39, 0.29) is 5.91 Å². The van der Waals surface area contributed by atoms with Crippen molar-refractivity contribution in [3.05, 3.63) is 76.5 Å². The highest BCUT2D eigenvalue weighted by molar-refractivity contribution is 9.10. The first-order valence-corrected chi connectivity index (χ1v) is 11.5. The molecule has 1 saturated carbocycles. The Kier molecular flexibility index (Phi) is 5.76. The Morgan fingerprint density at radius 1 is 1.03 bits per heavy atom. The van der Waals surface area contributed by atoms with Gasteiger partial charge in [0.05, 0.1) is 28.5 Å². The Balaban J connectivity index is 1.47. The number of para-hydroxylation sites is 2. The van der Waals surface area contributed by atoms with Gasteiger partial charge in [-0.2, -0.15) is 0 Å². The summed E-state index contributed by atoms with van der Waals surface area (Å²) in [5.41, 5.74) is 2.68. The number of halogens is 1. The lowest BCUT2D eigenvalue weighted by Crippen LogP contribution is -2.45. The summed E-state index contributed by atoms with van der Waals surface area (Å²) in [5.74, 6) is 0.113. The van der Waals surface area contributed by atoms with Gasteiger partial charge in [0.2, 0.25) is 0 Å². The van der Waals surface area contributed by atoms with Crippen molar-refractivity contribution in [2.24, 2.45) is 0 Å². The number of aromatic nitrogens is 1. The van der Waals surface area contributed by atoms with Crippen molar-refractivity contribution < 1.29 is 19.1 Å². The first-order chi connectivity index (χ1) is 16.1. The fourth-order valence-corrected chi connectivity index (χ4v) is 4.41. The van der Waals surface area contributed by atoms with Gasteiger partial charge in [-0.1, -0.05) is 12.1 Å². The van der Waals surface area contributed by atoms with Crippen molar-refractivity contribution in [1.82, 2.24) is 4.98 Å². The Bertz CT molecular complexity index is 1230. The van der Waals surface area contributed by atoms with Gasteiger partial charge in [0.15, 0.2) is 0 Å². The number of carbonyl (C=O) groups is 2. The number of anilines is 2. The molecule has 7 nitrogen and oxygen atoms in total. The number of rotatable bonds is 5. The first-order valence-electron chi connectivity index (χ1n) is 10.7. The molecule has 2 heterocycles. The van der Waals surface area contributed by atoms with Crippen LogP contribution in [0.1, 0.15) is 33.6 Å². The Labute approximate surface area is 200 Å². The van der Waals surface area contributed by atoms with E-state index in [0.717, 1.165) is 17.9 Å². The third-order valence-electron chi connectivity index (χ3n) is 5.86. The molecule has 2 aliphatic rings. The van der Waals surface area contributed by atoms with Crippen molar-refractivity contribution in [1.29, 1.82) is 0 Å². The SMILES string of the molecule is COC(=O)c1ccc(Br)c(Oc2ccncc2C(=O)N2CCN(C3CC3)c3ccccc32)c1. The number of ether oxygens (including phenoxy) is 2. The van der Waals surface area contributed by atoms with Crippen LogP contribution in [0.3, 0.4) is 0 Å². The van der Waals surface area contributed by atoms with Gasteiger partial charge in [0.1, 0.15) is 17.1 Å². The molecule has 0 radical (unpaired) electrons. The van der Waals surface area contributed by atoms with E-state index in [1.54, 1.807) is 35.4 Å².